The van der Waals surface area contributed by atoms with E-state index in [4.69, 9.17) is 10.5 Å². The largest absolute Gasteiger partial charge is 0.380 e. The van der Waals surface area contributed by atoms with Crippen molar-refractivity contribution in [3.05, 3.63) is 0 Å². The fourth-order valence-electron chi connectivity index (χ4n) is 1.41. The summed E-state index contributed by atoms with van der Waals surface area (Å²) in [6.45, 7) is 8.55. The number of hydrogen-bond acceptors (Lipinski definition) is 3. The van der Waals surface area contributed by atoms with Gasteiger partial charge in [-0.05, 0) is 20.3 Å². The molecule has 2 N–H and O–H groups in total. The van der Waals surface area contributed by atoms with Crippen LogP contribution in [0.25, 0.3) is 0 Å². The maximum atomic E-state index is 11.8. The number of ether oxygens (including phenoxy) is 1. The Bertz CT molecular complexity index is 174. The van der Waals surface area contributed by atoms with Gasteiger partial charge in [-0.25, -0.2) is 0 Å². The van der Waals surface area contributed by atoms with Crippen LogP contribution in [0.4, 0.5) is 0 Å². The van der Waals surface area contributed by atoms with Crippen molar-refractivity contribution >= 4 is 5.91 Å². The van der Waals surface area contributed by atoms with Crippen LogP contribution in [-0.4, -0.2) is 43.2 Å². The maximum absolute atomic E-state index is 11.8. The van der Waals surface area contributed by atoms with E-state index in [1.807, 2.05) is 20.8 Å². The van der Waals surface area contributed by atoms with E-state index in [1.165, 1.54) is 0 Å². The van der Waals surface area contributed by atoms with E-state index < -0.39 is 0 Å². The molecule has 0 rings (SSSR count). The van der Waals surface area contributed by atoms with Crippen molar-refractivity contribution in [1.82, 2.24) is 4.90 Å². The van der Waals surface area contributed by atoms with Gasteiger partial charge in [0, 0.05) is 19.7 Å². The monoisotopic (exact) mass is 216 g/mol. The Kier molecular flexibility index (Phi) is 8.33. The van der Waals surface area contributed by atoms with Gasteiger partial charge in [0.1, 0.15) is 0 Å². The number of carbonyl (C=O) groups excluding carboxylic acids is 1. The molecule has 0 unspecified atom stereocenters. The van der Waals surface area contributed by atoms with Crippen LogP contribution in [0, 0.1) is 0 Å². The molecule has 90 valence electrons. The van der Waals surface area contributed by atoms with E-state index in [0.717, 1.165) is 12.8 Å². The lowest BCUT2D eigenvalue weighted by molar-refractivity contribution is -0.133. The molecule has 0 heterocycles. The minimum atomic E-state index is -0.350. The highest BCUT2D eigenvalue weighted by atomic mass is 16.5. The number of amides is 1. The van der Waals surface area contributed by atoms with Crippen LogP contribution in [0.3, 0.4) is 0 Å². The number of hydrogen-bond donors (Lipinski definition) is 1. The van der Waals surface area contributed by atoms with E-state index in [-0.39, 0.29) is 11.9 Å². The van der Waals surface area contributed by atoms with Gasteiger partial charge in [-0.2, -0.15) is 0 Å². The van der Waals surface area contributed by atoms with Crippen LogP contribution in [0.1, 0.15) is 33.6 Å². The van der Waals surface area contributed by atoms with Gasteiger partial charge in [0.2, 0.25) is 5.91 Å². The van der Waals surface area contributed by atoms with Gasteiger partial charge >= 0.3 is 0 Å². The predicted octanol–water partition coefficient (Wildman–Crippen LogP) is 0.999. The summed E-state index contributed by atoms with van der Waals surface area (Å²) in [4.78, 5) is 13.6. The number of carbonyl (C=O) groups is 1. The standard InChI is InChI=1S/C11H24N2O2/c1-4-7-10(12)11(14)13(5-2)8-9-15-6-3/h10H,4-9,12H2,1-3H3/t10-/m0/s1. The molecule has 0 spiro atoms. The first-order valence-corrected chi connectivity index (χ1v) is 5.79. The third-order valence-corrected chi connectivity index (χ3v) is 2.32. The molecule has 0 aromatic heterocycles. The van der Waals surface area contributed by atoms with Crippen molar-refractivity contribution < 1.29 is 9.53 Å². The molecule has 0 bridgehead atoms. The fraction of sp³-hybridized carbons (Fsp3) is 0.909. The fourth-order valence-corrected chi connectivity index (χ4v) is 1.41. The summed E-state index contributed by atoms with van der Waals surface area (Å²) in [7, 11) is 0. The molecule has 1 amide bonds. The Hall–Kier alpha value is -0.610. The Morgan fingerprint density at radius 2 is 2.07 bits per heavy atom. The SMILES string of the molecule is CCC[C@H](N)C(=O)N(CC)CCOCC. The quantitative estimate of drug-likeness (QED) is 0.616. The van der Waals surface area contributed by atoms with Gasteiger partial charge < -0.3 is 15.4 Å². The van der Waals surface area contributed by atoms with Crippen LogP contribution in [0.15, 0.2) is 0 Å². The molecule has 0 aliphatic carbocycles. The number of nitrogens with zero attached hydrogens (tertiary/aromatic N) is 1. The second kappa shape index (κ2) is 8.68. The van der Waals surface area contributed by atoms with Crippen molar-refractivity contribution in [1.29, 1.82) is 0 Å². The van der Waals surface area contributed by atoms with Crippen LogP contribution in [0.2, 0.25) is 0 Å². The molecule has 0 aromatic carbocycles. The first-order chi connectivity index (χ1) is 7.17. The Labute approximate surface area is 92.8 Å². The van der Waals surface area contributed by atoms with Crippen molar-refractivity contribution in [3.8, 4) is 0 Å². The van der Waals surface area contributed by atoms with Crippen LogP contribution in [0.5, 0.6) is 0 Å². The summed E-state index contributed by atoms with van der Waals surface area (Å²) in [6.07, 6.45) is 1.69. The highest BCUT2D eigenvalue weighted by molar-refractivity contribution is 5.81. The smallest absolute Gasteiger partial charge is 0.239 e. The number of nitrogens with two attached hydrogens (primary N) is 1. The second-order valence-corrected chi connectivity index (χ2v) is 3.51. The lowest BCUT2D eigenvalue weighted by atomic mass is 10.1. The summed E-state index contributed by atoms with van der Waals surface area (Å²) in [6, 6.07) is -0.350. The lowest BCUT2D eigenvalue weighted by Crippen LogP contribution is -2.44. The highest BCUT2D eigenvalue weighted by Gasteiger charge is 2.18. The van der Waals surface area contributed by atoms with Crippen LogP contribution < -0.4 is 5.73 Å². The van der Waals surface area contributed by atoms with Crippen molar-refractivity contribution in [2.75, 3.05) is 26.3 Å². The van der Waals surface area contributed by atoms with E-state index in [1.54, 1.807) is 4.90 Å². The van der Waals surface area contributed by atoms with Crippen LogP contribution in [-0.2, 0) is 9.53 Å². The Morgan fingerprint density at radius 3 is 2.53 bits per heavy atom. The molecular weight excluding hydrogens is 192 g/mol. The summed E-state index contributed by atoms with van der Waals surface area (Å²) in [5.41, 5.74) is 5.78. The lowest BCUT2D eigenvalue weighted by Gasteiger charge is -2.24. The van der Waals surface area contributed by atoms with Gasteiger partial charge in [0.05, 0.1) is 12.6 Å². The predicted molar refractivity (Wildman–Crippen MR) is 61.6 cm³/mol. The number of likely N-dealkylation sites (N-methyl/N-ethyl adjacent to an activating group) is 1. The van der Waals surface area contributed by atoms with Gasteiger partial charge in [-0.15, -0.1) is 0 Å². The molecule has 0 saturated heterocycles. The van der Waals surface area contributed by atoms with Crippen LogP contribution >= 0.6 is 0 Å². The van der Waals surface area contributed by atoms with Crippen molar-refractivity contribution in [2.24, 2.45) is 5.73 Å². The molecule has 1 atom stereocenters. The third-order valence-electron chi connectivity index (χ3n) is 2.32. The summed E-state index contributed by atoms with van der Waals surface area (Å²) < 4.78 is 5.22. The minimum absolute atomic E-state index is 0.0408. The van der Waals surface area contributed by atoms with E-state index in [9.17, 15) is 4.79 Å². The zero-order chi connectivity index (χ0) is 11.7. The minimum Gasteiger partial charge on any atom is -0.380 e. The van der Waals surface area contributed by atoms with Gasteiger partial charge in [0.25, 0.3) is 0 Å². The molecule has 0 aromatic rings. The van der Waals surface area contributed by atoms with E-state index in [0.29, 0.717) is 26.3 Å². The molecule has 0 aliphatic rings. The molecule has 4 heteroatoms. The topological polar surface area (TPSA) is 55.6 Å². The molecule has 0 radical (unpaired) electrons. The highest BCUT2D eigenvalue weighted by Crippen LogP contribution is 2.00. The summed E-state index contributed by atoms with van der Waals surface area (Å²) in [5.74, 6) is 0.0408. The van der Waals surface area contributed by atoms with Gasteiger partial charge in [0.15, 0.2) is 0 Å². The average Bonchev–Trinajstić information content (AvgIpc) is 2.24. The maximum Gasteiger partial charge on any atom is 0.239 e. The van der Waals surface area contributed by atoms with Gasteiger partial charge in [-0.3, -0.25) is 4.79 Å². The summed E-state index contributed by atoms with van der Waals surface area (Å²) >= 11 is 0. The molecular formula is C11H24N2O2. The molecule has 0 fully saturated rings. The molecule has 0 aliphatic heterocycles. The second-order valence-electron chi connectivity index (χ2n) is 3.51. The Balaban J connectivity index is 3.97. The average molecular weight is 216 g/mol. The van der Waals surface area contributed by atoms with Crippen molar-refractivity contribution in [3.63, 3.8) is 0 Å². The van der Waals surface area contributed by atoms with Crippen molar-refractivity contribution in [2.45, 2.75) is 39.7 Å². The molecule has 0 saturated carbocycles. The zero-order valence-electron chi connectivity index (χ0n) is 10.2. The Morgan fingerprint density at radius 1 is 1.40 bits per heavy atom. The zero-order valence-corrected chi connectivity index (χ0v) is 10.2. The van der Waals surface area contributed by atoms with E-state index in [2.05, 4.69) is 0 Å². The molecule has 4 nitrogen and oxygen atoms in total. The summed E-state index contributed by atoms with van der Waals surface area (Å²) in [5, 5.41) is 0. The first-order valence-electron chi connectivity index (χ1n) is 5.79. The first kappa shape index (κ1) is 14.4. The van der Waals surface area contributed by atoms with E-state index >= 15 is 0 Å². The normalized spacial score (nSPS) is 12.5. The molecule has 15 heavy (non-hydrogen) atoms. The third kappa shape index (κ3) is 5.74. The number of rotatable bonds is 8. The van der Waals surface area contributed by atoms with Gasteiger partial charge in [-0.1, -0.05) is 13.3 Å².